The molecule has 3 rings (SSSR count). The number of rotatable bonds is 9. The molecule has 0 aromatic heterocycles. The van der Waals surface area contributed by atoms with Gasteiger partial charge in [0.1, 0.15) is 0 Å². The molecule has 0 aliphatic rings. The SMILES string of the molecule is COc1cc(C(=O)OCC(=O)Nc2ccccc2C(=O)c2ccccc2)cc(OC)c1OC. The highest BCUT2D eigenvalue weighted by atomic mass is 16.5. The molecule has 170 valence electrons. The molecule has 0 saturated carbocycles. The normalized spacial score (nSPS) is 10.2. The van der Waals surface area contributed by atoms with Crippen molar-refractivity contribution in [2.75, 3.05) is 33.3 Å². The van der Waals surface area contributed by atoms with Gasteiger partial charge >= 0.3 is 5.97 Å². The van der Waals surface area contributed by atoms with Gasteiger partial charge in [-0.25, -0.2) is 4.79 Å². The van der Waals surface area contributed by atoms with E-state index in [9.17, 15) is 14.4 Å². The summed E-state index contributed by atoms with van der Waals surface area (Å²) in [4.78, 5) is 37.7. The minimum absolute atomic E-state index is 0.122. The van der Waals surface area contributed by atoms with Crippen molar-refractivity contribution in [1.82, 2.24) is 0 Å². The second-order valence-electron chi connectivity index (χ2n) is 6.78. The van der Waals surface area contributed by atoms with Crippen LogP contribution in [0.25, 0.3) is 0 Å². The fourth-order valence-electron chi connectivity index (χ4n) is 3.13. The summed E-state index contributed by atoms with van der Waals surface area (Å²) in [7, 11) is 4.30. The lowest BCUT2D eigenvalue weighted by molar-refractivity contribution is -0.119. The lowest BCUT2D eigenvalue weighted by atomic mass is 10.0. The Labute approximate surface area is 191 Å². The highest BCUT2D eigenvalue weighted by Crippen LogP contribution is 2.38. The Morgan fingerprint density at radius 1 is 0.758 bits per heavy atom. The van der Waals surface area contributed by atoms with E-state index in [0.29, 0.717) is 22.6 Å². The maximum absolute atomic E-state index is 12.8. The molecule has 3 aromatic rings. The van der Waals surface area contributed by atoms with Crippen LogP contribution in [-0.4, -0.2) is 45.6 Å². The van der Waals surface area contributed by atoms with Crippen LogP contribution in [0.2, 0.25) is 0 Å². The summed E-state index contributed by atoms with van der Waals surface area (Å²) in [5.74, 6) is -0.694. The first-order chi connectivity index (χ1) is 16.0. The van der Waals surface area contributed by atoms with Crippen LogP contribution in [0, 0.1) is 0 Å². The zero-order valence-corrected chi connectivity index (χ0v) is 18.4. The number of amides is 1. The number of anilines is 1. The Morgan fingerprint density at radius 2 is 1.36 bits per heavy atom. The maximum Gasteiger partial charge on any atom is 0.338 e. The molecule has 0 atom stereocenters. The van der Waals surface area contributed by atoms with Gasteiger partial charge in [-0.2, -0.15) is 0 Å². The molecule has 0 saturated heterocycles. The zero-order chi connectivity index (χ0) is 23.8. The van der Waals surface area contributed by atoms with Crippen molar-refractivity contribution in [2.24, 2.45) is 0 Å². The maximum atomic E-state index is 12.8. The molecule has 1 amide bonds. The van der Waals surface area contributed by atoms with Crippen LogP contribution in [0.4, 0.5) is 5.69 Å². The highest BCUT2D eigenvalue weighted by Gasteiger charge is 2.19. The summed E-state index contributed by atoms with van der Waals surface area (Å²) in [6.45, 7) is -0.552. The quantitative estimate of drug-likeness (QED) is 0.392. The standard InChI is InChI=1S/C25H23NO7/c1-30-20-13-17(14-21(31-2)24(20)32-3)25(29)33-15-22(27)26-19-12-8-7-11-18(19)23(28)16-9-5-4-6-10-16/h4-14H,15H2,1-3H3,(H,26,27). The predicted octanol–water partition coefficient (Wildman–Crippen LogP) is 3.74. The first-order valence-electron chi connectivity index (χ1n) is 9.94. The first-order valence-corrected chi connectivity index (χ1v) is 9.94. The molecule has 8 nitrogen and oxygen atoms in total. The predicted molar refractivity (Wildman–Crippen MR) is 121 cm³/mol. The Bertz CT molecular complexity index is 1130. The summed E-state index contributed by atoms with van der Waals surface area (Å²) in [5.41, 5.74) is 1.26. The molecular weight excluding hydrogens is 426 g/mol. The topological polar surface area (TPSA) is 100 Å². The monoisotopic (exact) mass is 449 g/mol. The van der Waals surface area contributed by atoms with Gasteiger partial charge in [0.25, 0.3) is 5.91 Å². The van der Waals surface area contributed by atoms with Crippen LogP contribution in [0.3, 0.4) is 0 Å². The van der Waals surface area contributed by atoms with Crippen molar-refractivity contribution in [3.8, 4) is 17.2 Å². The Morgan fingerprint density at radius 3 is 1.97 bits per heavy atom. The van der Waals surface area contributed by atoms with E-state index in [1.54, 1.807) is 48.5 Å². The van der Waals surface area contributed by atoms with E-state index in [1.165, 1.54) is 33.5 Å². The number of ether oxygens (including phenoxy) is 4. The number of hydrogen-bond donors (Lipinski definition) is 1. The van der Waals surface area contributed by atoms with Gasteiger partial charge in [-0.1, -0.05) is 42.5 Å². The number of ketones is 1. The molecule has 0 bridgehead atoms. The van der Waals surface area contributed by atoms with Crippen molar-refractivity contribution in [2.45, 2.75) is 0 Å². The van der Waals surface area contributed by atoms with E-state index in [-0.39, 0.29) is 22.8 Å². The van der Waals surface area contributed by atoms with Crippen molar-refractivity contribution in [3.05, 3.63) is 83.4 Å². The highest BCUT2D eigenvalue weighted by molar-refractivity contribution is 6.14. The molecular formula is C25H23NO7. The van der Waals surface area contributed by atoms with E-state index in [1.807, 2.05) is 6.07 Å². The number of hydrogen-bond acceptors (Lipinski definition) is 7. The van der Waals surface area contributed by atoms with Gasteiger partial charge < -0.3 is 24.3 Å². The van der Waals surface area contributed by atoms with E-state index in [4.69, 9.17) is 18.9 Å². The molecule has 3 aromatic carbocycles. The summed E-state index contributed by atoms with van der Waals surface area (Å²) in [5, 5.41) is 2.63. The molecule has 0 aliphatic carbocycles. The number of para-hydroxylation sites is 1. The third kappa shape index (κ3) is 5.48. The van der Waals surface area contributed by atoms with Gasteiger partial charge in [0.2, 0.25) is 5.75 Å². The lowest BCUT2D eigenvalue weighted by Gasteiger charge is -2.14. The van der Waals surface area contributed by atoms with Gasteiger partial charge in [-0.15, -0.1) is 0 Å². The molecule has 0 fully saturated rings. The van der Waals surface area contributed by atoms with Gasteiger partial charge in [-0.3, -0.25) is 9.59 Å². The molecule has 0 radical (unpaired) electrons. The smallest absolute Gasteiger partial charge is 0.338 e. The van der Waals surface area contributed by atoms with Gasteiger partial charge in [-0.05, 0) is 24.3 Å². The summed E-state index contributed by atoms with van der Waals surface area (Å²) < 4.78 is 20.8. The number of methoxy groups -OCH3 is 3. The fourth-order valence-corrected chi connectivity index (χ4v) is 3.13. The molecule has 0 aliphatic heterocycles. The zero-order valence-electron chi connectivity index (χ0n) is 18.4. The van der Waals surface area contributed by atoms with E-state index in [0.717, 1.165) is 0 Å². The summed E-state index contributed by atoms with van der Waals surface area (Å²) in [6, 6.07) is 18.2. The van der Waals surface area contributed by atoms with Crippen molar-refractivity contribution in [3.63, 3.8) is 0 Å². The minimum atomic E-state index is -0.752. The average Bonchev–Trinajstić information content (AvgIpc) is 2.86. The second kappa shape index (κ2) is 10.8. The van der Waals surface area contributed by atoms with Crippen LogP contribution in [0.15, 0.2) is 66.7 Å². The fraction of sp³-hybridized carbons (Fsp3) is 0.160. The van der Waals surface area contributed by atoms with Crippen molar-refractivity contribution < 1.29 is 33.3 Å². The summed E-state index contributed by atoms with van der Waals surface area (Å²) in [6.07, 6.45) is 0. The third-order valence-electron chi connectivity index (χ3n) is 4.72. The lowest BCUT2D eigenvalue weighted by Crippen LogP contribution is -2.22. The molecule has 1 N–H and O–H groups in total. The molecule has 0 spiro atoms. The van der Waals surface area contributed by atoms with E-state index in [2.05, 4.69) is 5.32 Å². The Balaban J connectivity index is 1.69. The largest absolute Gasteiger partial charge is 0.493 e. The third-order valence-corrected chi connectivity index (χ3v) is 4.72. The molecule has 0 heterocycles. The Kier molecular flexibility index (Phi) is 7.64. The van der Waals surface area contributed by atoms with Crippen LogP contribution in [-0.2, 0) is 9.53 Å². The van der Waals surface area contributed by atoms with Crippen molar-refractivity contribution >= 4 is 23.3 Å². The average molecular weight is 449 g/mol. The van der Waals surface area contributed by atoms with E-state index < -0.39 is 18.5 Å². The van der Waals surface area contributed by atoms with Crippen LogP contribution < -0.4 is 19.5 Å². The van der Waals surface area contributed by atoms with Crippen LogP contribution in [0.5, 0.6) is 17.2 Å². The van der Waals surface area contributed by atoms with Gasteiger partial charge in [0.15, 0.2) is 23.9 Å². The Hall–Kier alpha value is -4.33. The van der Waals surface area contributed by atoms with E-state index >= 15 is 0 Å². The van der Waals surface area contributed by atoms with Gasteiger partial charge in [0, 0.05) is 11.1 Å². The number of esters is 1. The number of nitrogens with one attached hydrogen (secondary N) is 1. The van der Waals surface area contributed by atoms with Crippen molar-refractivity contribution in [1.29, 1.82) is 0 Å². The molecule has 0 unspecified atom stereocenters. The first kappa shape index (κ1) is 23.3. The molecule has 33 heavy (non-hydrogen) atoms. The minimum Gasteiger partial charge on any atom is -0.493 e. The summed E-state index contributed by atoms with van der Waals surface area (Å²) >= 11 is 0. The number of carbonyl (C=O) groups excluding carboxylic acids is 3. The number of benzene rings is 3. The van der Waals surface area contributed by atoms with Crippen LogP contribution >= 0.6 is 0 Å². The number of carbonyl (C=O) groups is 3. The molecule has 8 heteroatoms. The second-order valence-corrected chi connectivity index (χ2v) is 6.78. The van der Waals surface area contributed by atoms with Gasteiger partial charge in [0.05, 0.1) is 32.6 Å². The van der Waals surface area contributed by atoms with Crippen LogP contribution in [0.1, 0.15) is 26.3 Å².